The summed E-state index contributed by atoms with van der Waals surface area (Å²) < 4.78 is 34.4. The Kier molecular flexibility index (Phi) is 13.0. The molecule has 8 heteroatoms. The lowest BCUT2D eigenvalue weighted by molar-refractivity contribution is -0.393. The molecule has 17 atom stereocenters. The molecule has 5 heterocycles. The Balaban J connectivity index is 1.29. The molecule has 0 aliphatic carbocycles. The summed E-state index contributed by atoms with van der Waals surface area (Å²) in [6.07, 6.45) is 12.2. The van der Waals surface area contributed by atoms with Crippen LogP contribution in [0.5, 0.6) is 0 Å². The largest absolute Gasteiger partial charge is 0.387 e. The summed E-state index contributed by atoms with van der Waals surface area (Å²) in [7, 11) is 0. The van der Waals surface area contributed by atoms with E-state index in [1.807, 2.05) is 13.8 Å². The van der Waals surface area contributed by atoms with Crippen LogP contribution in [0.4, 0.5) is 0 Å². The molecule has 5 aliphatic heterocycles. The molecular weight excluding hydrogens is 656 g/mol. The molecule has 0 aromatic heterocycles. The van der Waals surface area contributed by atoms with Gasteiger partial charge in [-0.2, -0.15) is 0 Å². The maximum Gasteiger partial charge on any atom is 0.193 e. The first-order chi connectivity index (χ1) is 24.4. The van der Waals surface area contributed by atoms with E-state index < -0.39 is 22.8 Å². The van der Waals surface area contributed by atoms with Crippen molar-refractivity contribution in [3.8, 4) is 0 Å². The molecule has 0 aromatic carbocycles. The Morgan fingerprint density at radius 1 is 0.865 bits per heavy atom. The molecule has 0 bridgehead atoms. The molecule has 1 N–H and O–H groups in total. The first-order valence-corrected chi connectivity index (χ1v) is 21.2. The van der Waals surface area contributed by atoms with E-state index in [0.29, 0.717) is 31.6 Å². The molecule has 298 valence electrons. The first-order valence-electron chi connectivity index (χ1n) is 21.2. The van der Waals surface area contributed by atoms with Crippen LogP contribution in [-0.2, 0) is 33.3 Å². The lowest BCUT2D eigenvalue weighted by atomic mass is 9.70. The second-order valence-electron chi connectivity index (χ2n) is 18.5. The fourth-order valence-corrected chi connectivity index (χ4v) is 10.9. The fraction of sp³-hybridized carbons (Fsp3) is 0.909. The average Bonchev–Trinajstić information content (AvgIpc) is 3.43. The van der Waals surface area contributed by atoms with Gasteiger partial charge in [0.2, 0.25) is 0 Å². The zero-order valence-electron chi connectivity index (χ0n) is 34.7. The maximum absolute atomic E-state index is 14.6. The van der Waals surface area contributed by atoms with Gasteiger partial charge >= 0.3 is 0 Å². The third kappa shape index (κ3) is 7.91. The molecule has 8 nitrogen and oxygen atoms in total. The second-order valence-corrected chi connectivity index (χ2v) is 18.5. The van der Waals surface area contributed by atoms with Crippen molar-refractivity contribution >= 4 is 11.6 Å². The zero-order chi connectivity index (χ0) is 38.4. The van der Waals surface area contributed by atoms with Crippen molar-refractivity contribution in [2.75, 3.05) is 0 Å². The highest BCUT2D eigenvalue weighted by atomic mass is 16.8. The van der Waals surface area contributed by atoms with Crippen LogP contribution >= 0.6 is 0 Å². The molecule has 0 saturated carbocycles. The van der Waals surface area contributed by atoms with Gasteiger partial charge in [-0.1, -0.05) is 68.4 Å². The minimum absolute atomic E-state index is 0.0144. The summed E-state index contributed by atoms with van der Waals surface area (Å²) in [5, 5.41) is 11.0. The summed E-state index contributed by atoms with van der Waals surface area (Å²) in [6.45, 7) is 25.2. The number of hydrogen-bond acceptors (Lipinski definition) is 8. The highest BCUT2D eigenvalue weighted by molar-refractivity contribution is 5.84. The lowest BCUT2D eigenvalue weighted by Gasteiger charge is -2.53. The van der Waals surface area contributed by atoms with E-state index in [0.717, 1.165) is 44.9 Å². The van der Waals surface area contributed by atoms with Gasteiger partial charge in [-0.25, -0.2) is 0 Å². The van der Waals surface area contributed by atoms with Crippen LogP contribution in [0.1, 0.15) is 154 Å². The van der Waals surface area contributed by atoms with Crippen LogP contribution in [0.3, 0.4) is 0 Å². The number of hydrogen-bond donors (Lipinski definition) is 1. The Morgan fingerprint density at radius 3 is 2.17 bits per heavy atom. The molecule has 5 rings (SSSR count). The fourth-order valence-electron chi connectivity index (χ4n) is 10.9. The Labute approximate surface area is 315 Å². The lowest BCUT2D eigenvalue weighted by Crippen LogP contribution is -2.60. The molecular formula is C44H74O8. The standard InChI is InChI=1S/C44H74O8/c1-13-34(32(10)45)36-18-17-26(4)39(49-36)31(9)29(7)30(8)38(46)35(14-2)40-27(5)25-28(6)44(50-40)21-16-20-43(52-44)24-23-41(12,51-43)37-19-22-42(47,15-3)33(11)48-37/h16,21,26-31,33-37,39-40,47H,13-15,17-20,22-25H2,1-12H3/t26-,27-,28+,29?,30-,31-,33-,34?,35-,36+,37+,39?,40-,41-,42+,43+,44-/m0/s1. The molecule has 5 aliphatic rings. The predicted octanol–water partition coefficient (Wildman–Crippen LogP) is 9.00. The van der Waals surface area contributed by atoms with Crippen molar-refractivity contribution in [2.24, 2.45) is 47.3 Å². The van der Waals surface area contributed by atoms with Crippen molar-refractivity contribution in [3.05, 3.63) is 12.2 Å². The van der Waals surface area contributed by atoms with Gasteiger partial charge in [0.15, 0.2) is 11.6 Å². The Morgan fingerprint density at radius 2 is 1.56 bits per heavy atom. The number of ether oxygens (including phenoxy) is 5. The number of aliphatic hydroxyl groups is 1. The maximum atomic E-state index is 14.6. The van der Waals surface area contributed by atoms with Crippen LogP contribution in [-0.4, -0.2) is 70.0 Å². The van der Waals surface area contributed by atoms with E-state index in [4.69, 9.17) is 23.7 Å². The van der Waals surface area contributed by atoms with Gasteiger partial charge in [-0.05, 0) is 108 Å². The van der Waals surface area contributed by atoms with Crippen molar-refractivity contribution in [1.82, 2.24) is 0 Å². The number of Topliss-reactive ketones (excluding diaryl/α,β-unsaturated/α-hetero) is 2. The quantitative estimate of drug-likeness (QED) is 0.199. The number of ketones is 2. The smallest absolute Gasteiger partial charge is 0.193 e. The highest BCUT2D eigenvalue weighted by Crippen LogP contribution is 2.54. The van der Waals surface area contributed by atoms with Crippen LogP contribution < -0.4 is 0 Å². The van der Waals surface area contributed by atoms with Gasteiger partial charge in [0.05, 0.1) is 41.7 Å². The van der Waals surface area contributed by atoms with Gasteiger partial charge in [-0.3, -0.25) is 9.59 Å². The van der Waals surface area contributed by atoms with Gasteiger partial charge in [0, 0.05) is 36.5 Å². The van der Waals surface area contributed by atoms with E-state index in [2.05, 4.69) is 74.5 Å². The first kappa shape index (κ1) is 42.0. The summed E-state index contributed by atoms with van der Waals surface area (Å²) in [5.74, 6) is -0.925. The normalized spacial score (nSPS) is 45.4. The summed E-state index contributed by atoms with van der Waals surface area (Å²) in [5.41, 5.74) is -1.33. The highest BCUT2D eigenvalue weighted by Gasteiger charge is 2.60. The topological polar surface area (TPSA) is 101 Å². The number of carbonyl (C=O) groups excluding carboxylic acids is 2. The molecule has 2 spiro atoms. The number of rotatable bonds is 12. The van der Waals surface area contributed by atoms with E-state index in [-0.39, 0.29) is 83.5 Å². The zero-order valence-corrected chi connectivity index (χ0v) is 34.7. The third-order valence-corrected chi connectivity index (χ3v) is 15.1. The van der Waals surface area contributed by atoms with Crippen molar-refractivity contribution in [1.29, 1.82) is 0 Å². The van der Waals surface area contributed by atoms with Gasteiger partial charge in [0.1, 0.15) is 11.6 Å². The molecule has 4 saturated heterocycles. The molecule has 0 aromatic rings. The van der Waals surface area contributed by atoms with Crippen molar-refractivity contribution in [3.63, 3.8) is 0 Å². The molecule has 3 unspecified atom stereocenters. The minimum atomic E-state index is -0.980. The SMILES string of the molecule is CCC(C(C)=O)[C@H]1CC[C@H](C)C([C@@H](C)C(C)[C@H](C)C(=O)[C@H](CC)[C@H]2O[C@]3(C=CC[C@]4(CC[C@@](C)([C@H]5CC[C@](O)(CC)[C@H](C)O5)O4)O3)[C@H](C)C[C@@H]2C)O1. The Bertz CT molecular complexity index is 1280. The molecule has 52 heavy (non-hydrogen) atoms. The van der Waals surface area contributed by atoms with Gasteiger partial charge < -0.3 is 28.8 Å². The second kappa shape index (κ2) is 16.1. The van der Waals surface area contributed by atoms with Gasteiger partial charge in [-0.15, -0.1) is 0 Å². The molecule has 0 radical (unpaired) electrons. The summed E-state index contributed by atoms with van der Waals surface area (Å²) >= 11 is 0. The van der Waals surface area contributed by atoms with Crippen molar-refractivity contribution in [2.45, 2.75) is 207 Å². The minimum Gasteiger partial charge on any atom is -0.387 e. The third-order valence-electron chi connectivity index (χ3n) is 15.1. The monoisotopic (exact) mass is 731 g/mol. The van der Waals surface area contributed by atoms with Crippen LogP contribution in [0, 0.1) is 47.3 Å². The van der Waals surface area contributed by atoms with Crippen LogP contribution in [0.15, 0.2) is 12.2 Å². The average molecular weight is 731 g/mol. The Hall–Kier alpha value is -1.16. The van der Waals surface area contributed by atoms with Crippen LogP contribution in [0.2, 0.25) is 0 Å². The van der Waals surface area contributed by atoms with Crippen LogP contribution in [0.25, 0.3) is 0 Å². The van der Waals surface area contributed by atoms with E-state index >= 15 is 0 Å². The molecule has 4 fully saturated rings. The van der Waals surface area contributed by atoms with E-state index in [1.165, 1.54) is 0 Å². The van der Waals surface area contributed by atoms with Gasteiger partial charge in [0.25, 0.3) is 0 Å². The molecule has 0 amide bonds. The predicted molar refractivity (Wildman–Crippen MR) is 203 cm³/mol. The summed E-state index contributed by atoms with van der Waals surface area (Å²) in [6, 6.07) is 0. The van der Waals surface area contributed by atoms with E-state index in [9.17, 15) is 14.7 Å². The summed E-state index contributed by atoms with van der Waals surface area (Å²) in [4.78, 5) is 27.0. The van der Waals surface area contributed by atoms with E-state index in [1.54, 1.807) is 6.92 Å². The van der Waals surface area contributed by atoms with Crippen molar-refractivity contribution < 1.29 is 38.4 Å². The number of carbonyl (C=O) groups is 2.